The van der Waals surface area contributed by atoms with Crippen LogP contribution in [0.1, 0.15) is 123 Å². The fourth-order valence-electron chi connectivity index (χ4n) is 9.93. The van der Waals surface area contributed by atoms with Gasteiger partial charge in [0.25, 0.3) is 0 Å². The fourth-order valence-corrected chi connectivity index (χ4v) is 11.3. The Morgan fingerprint density at radius 1 is 0.613 bits per heavy atom. The number of aliphatic hydroxyl groups is 1. The molecule has 0 saturated carbocycles. The molecule has 0 amide bonds. The number of pyridine rings is 2. The second-order valence-electron chi connectivity index (χ2n) is 22.1. The minimum Gasteiger partial charge on any atom is -0.512 e. The fraction of sp³-hybridized carbons (Fsp3) is 0.319. The number of rotatable bonds is 12. The largest absolute Gasteiger partial charge is 0.512 e. The minimum absolute atomic E-state index is 0. The molecular weight excluding hydrogens is 1110 g/mol. The monoisotopic (exact) mass is 1190 g/mol. The topological polar surface area (TPSA) is 63.1 Å². The Hall–Kier alpha value is -6.04. The Balaban J connectivity index is 0.000000195. The summed E-state index contributed by atoms with van der Waals surface area (Å²) < 4.78 is 2.65. The van der Waals surface area contributed by atoms with E-state index in [9.17, 15) is 9.90 Å². The van der Waals surface area contributed by atoms with Crippen molar-refractivity contribution >= 4 is 48.1 Å². The number of benzene rings is 6. The number of aryl methyl sites for hydroxylation is 3. The first kappa shape index (κ1) is 58.2. The first-order chi connectivity index (χ1) is 35.3. The third-order valence-electron chi connectivity index (χ3n) is 14.1. The van der Waals surface area contributed by atoms with Crippen molar-refractivity contribution in [1.29, 1.82) is 0 Å². The summed E-state index contributed by atoms with van der Waals surface area (Å²) in [5, 5.41) is 14.8. The summed E-state index contributed by atoms with van der Waals surface area (Å²) in [5.74, 6) is 0.547. The van der Waals surface area contributed by atoms with E-state index in [1.165, 1.54) is 76.1 Å². The normalized spacial score (nSPS) is 11.9. The van der Waals surface area contributed by atoms with Crippen molar-refractivity contribution in [1.82, 2.24) is 9.97 Å². The van der Waals surface area contributed by atoms with E-state index in [4.69, 9.17) is 4.98 Å². The average Bonchev–Trinajstić information content (AvgIpc) is 3.77. The number of fused-ring (bicyclic) bond motifs is 4. The maximum absolute atomic E-state index is 11.7. The molecule has 1 N–H and O–H groups in total. The maximum Gasteiger partial charge on any atom is 0.162 e. The molecule has 3 aromatic heterocycles. The molecule has 0 saturated heterocycles. The number of hydrogen-bond donors (Lipinski definition) is 1. The van der Waals surface area contributed by atoms with Crippen LogP contribution in [0.5, 0.6) is 0 Å². The van der Waals surface area contributed by atoms with Gasteiger partial charge in [0.2, 0.25) is 0 Å². The predicted molar refractivity (Wildman–Crippen MR) is 318 cm³/mol. The van der Waals surface area contributed by atoms with Crippen molar-refractivity contribution in [2.24, 2.45) is 17.3 Å². The van der Waals surface area contributed by atoms with Crippen LogP contribution in [0, 0.1) is 50.2 Å². The number of allylic oxidation sites excluding steroid dienone is 2. The molecule has 9 aromatic rings. The first-order valence-electron chi connectivity index (χ1n) is 26.6. The molecular formula is C69H76IrN2O2S-2. The molecule has 0 aliphatic rings. The molecule has 0 atom stereocenters. The molecule has 0 aliphatic carbocycles. The standard InChI is InChI=1S/C31H32NS.C25H20N.C13H24O2.Ir/c1-19-21(18-30(2,3)4)12-13-24-25-14-15-32-27(29(25)33-28(19)24)22-16-20-10-8-9-11-23(20)26(17-22)31(5,6)7;1-18-14-19(2)16-24(15-18)25-17-23(12-13-26-25)22-10-8-21(9-11-22)20-6-4-3-5-7-20;1-5-10(6-2)12(14)9-13(15)11(7-3)8-4;/h8-15,17H,18H2,1-7H3;3-15,17H,1-2H3;9-11,14H,5-8H2,1-4H3;/q2*-1;;/b;;12-9-;. The average molecular weight is 1190 g/mol. The van der Waals surface area contributed by atoms with Crippen LogP contribution >= 0.6 is 11.3 Å². The van der Waals surface area contributed by atoms with E-state index < -0.39 is 0 Å². The third kappa shape index (κ3) is 14.5. The molecule has 6 heteroatoms. The van der Waals surface area contributed by atoms with E-state index >= 15 is 0 Å². The number of nitrogens with zero attached hydrogens (tertiary/aromatic N) is 2. The summed E-state index contributed by atoms with van der Waals surface area (Å²) in [6.45, 7) is 28.3. The molecule has 391 valence electrons. The zero-order chi connectivity index (χ0) is 53.3. The summed E-state index contributed by atoms with van der Waals surface area (Å²) in [6, 6.07) is 52.4. The first-order valence-corrected chi connectivity index (χ1v) is 27.5. The van der Waals surface area contributed by atoms with Gasteiger partial charge in [-0.25, -0.2) is 0 Å². The molecule has 4 nitrogen and oxygen atoms in total. The van der Waals surface area contributed by atoms with Crippen molar-refractivity contribution < 1.29 is 30.0 Å². The molecule has 0 unspecified atom stereocenters. The van der Waals surface area contributed by atoms with Crippen LogP contribution < -0.4 is 0 Å². The summed E-state index contributed by atoms with van der Waals surface area (Å²) in [4.78, 5) is 21.2. The summed E-state index contributed by atoms with van der Waals surface area (Å²) in [6.07, 6.45) is 9.83. The number of thiophene rings is 1. The molecule has 0 spiro atoms. The maximum atomic E-state index is 11.7. The van der Waals surface area contributed by atoms with E-state index in [0.717, 1.165) is 65.6 Å². The van der Waals surface area contributed by atoms with Crippen LogP contribution in [0.3, 0.4) is 0 Å². The van der Waals surface area contributed by atoms with Crippen LogP contribution in [0.2, 0.25) is 0 Å². The van der Waals surface area contributed by atoms with E-state index in [-0.39, 0.29) is 54.3 Å². The van der Waals surface area contributed by atoms with E-state index in [2.05, 4.69) is 201 Å². The molecule has 75 heavy (non-hydrogen) atoms. The van der Waals surface area contributed by atoms with Crippen molar-refractivity contribution in [2.75, 3.05) is 0 Å². The number of hydrogen-bond acceptors (Lipinski definition) is 5. The van der Waals surface area contributed by atoms with Gasteiger partial charge in [-0.2, -0.15) is 0 Å². The van der Waals surface area contributed by atoms with E-state index in [0.29, 0.717) is 0 Å². The number of aliphatic hydroxyl groups excluding tert-OH is 1. The van der Waals surface area contributed by atoms with Gasteiger partial charge in [-0.3, -0.25) is 9.78 Å². The second kappa shape index (κ2) is 25.7. The van der Waals surface area contributed by atoms with Gasteiger partial charge < -0.3 is 10.1 Å². The van der Waals surface area contributed by atoms with Gasteiger partial charge in [-0.05, 0) is 106 Å². The quantitative estimate of drug-likeness (QED) is 0.0752. The number of carbonyl (C=O) groups is 1. The van der Waals surface area contributed by atoms with E-state index in [1.807, 2.05) is 57.5 Å². The van der Waals surface area contributed by atoms with Gasteiger partial charge in [0.1, 0.15) is 0 Å². The molecule has 0 aliphatic heterocycles. The molecule has 3 heterocycles. The Morgan fingerprint density at radius 3 is 1.84 bits per heavy atom. The van der Waals surface area contributed by atoms with Crippen molar-refractivity contribution in [2.45, 2.75) is 128 Å². The van der Waals surface area contributed by atoms with E-state index in [1.54, 1.807) is 0 Å². The Kier molecular flexibility index (Phi) is 19.9. The molecule has 9 rings (SSSR count). The smallest absolute Gasteiger partial charge is 0.162 e. The van der Waals surface area contributed by atoms with Gasteiger partial charge in [0.15, 0.2) is 5.78 Å². The zero-order valence-electron chi connectivity index (χ0n) is 46.5. The summed E-state index contributed by atoms with van der Waals surface area (Å²) in [5.41, 5.74) is 15.8. The van der Waals surface area contributed by atoms with Crippen molar-refractivity contribution in [3.8, 4) is 44.8 Å². The van der Waals surface area contributed by atoms with Crippen LogP contribution in [0.15, 0.2) is 152 Å². The third-order valence-corrected chi connectivity index (χ3v) is 15.4. The molecule has 0 fully saturated rings. The number of carbonyl (C=O) groups excluding carboxylic acids is 1. The Labute approximate surface area is 466 Å². The SMILES string of the molecule is CCC(CC)C(=O)/C=C(\O)C(CC)CC.Cc1[c-]c(-c2cc(-c3ccc(-c4ccccc4)cc3)ccn2)cc(C)c1.Cc1c(CC(C)(C)C)ccc2c1sc1c(-c3[c-]c4ccccc4c(C(C)(C)C)c3)nccc12.[Ir]. The second-order valence-corrected chi connectivity index (χ2v) is 23.1. The molecule has 0 bridgehead atoms. The summed E-state index contributed by atoms with van der Waals surface area (Å²) >= 11 is 1.89. The van der Waals surface area contributed by atoms with Gasteiger partial charge in [-0.15, -0.1) is 75.4 Å². The van der Waals surface area contributed by atoms with Crippen LogP contribution in [0.25, 0.3) is 75.7 Å². The molecule has 1 radical (unpaired) electrons. The van der Waals surface area contributed by atoms with Gasteiger partial charge in [-0.1, -0.05) is 185 Å². The number of aromatic nitrogens is 2. The van der Waals surface area contributed by atoms with Gasteiger partial charge >= 0.3 is 0 Å². The predicted octanol–water partition coefficient (Wildman–Crippen LogP) is 19.6. The van der Waals surface area contributed by atoms with Crippen LogP contribution in [-0.2, 0) is 36.7 Å². The van der Waals surface area contributed by atoms with Crippen LogP contribution in [0.4, 0.5) is 0 Å². The Bertz CT molecular complexity index is 3360. The number of ketones is 1. The summed E-state index contributed by atoms with van der Waals surface area (Å²) in [7, 11) is 0. The van der Waals surface area contributed by atoms with Gasteiger partial charge in [0, 0.05) is 70.9 Å². The van der Waals surface area contributed by atoms with Gasteiger partial charge in [0.05, 0.1) is 5.76 Å². The van der Waals surface area contributed by atoms with Crippen LogP contribution in [-0.4, -0.2) is 20.9 Å². The van der Waals surface area contributed by atoms with Crippen molar-refractivity contribution in [3.05, 3.63) is 192 Å². The van der Waals surface area contributed by atoms with Crippen molar-refractivity contribution in [3.63, 3.8) is 0 Å². The zero-order valence-corrected chi connectivity index (χ0v) is 49.7. The minimum atomic E-state index is 0. The molecule has 6 aromatic carbocycles. The Morgan fingerprint density at radius 2 is 1.21 bits per heavy atom.